The zero-order valence-electron chi connectivity index (χ0n) is 11.1. The van der Waals surface area contributed by atoms with Gasteiger partial charge in [-0.1, -0.05) is 13.8 Å². The van der Waals surface area contributed by atoms with Gasteiger partial charge in [-0.2, -0.15) is 0 Å². The van der Waals surface area contributed by atoms with Gasteiger partial charge in [0.25, 0.3) is 0 Å². The van der Waals surface area contributed by atoms with E-state index in [1.807, 2.05) is 6.92 Å². The molecule has 2 heteroatoms. The summed E-state index contributed by atoms with van der Waals surface area (Å²) in [5.74, 6) is 6.07. The molecule has 0 amide bonds. The van der Waals surface area contributed by atoms with Crippen LogP contribution in [0.1, 0.15) is 52.9 Å². The quantitative estimate of drug-likeness (QED) is 0.456. The van der Waals surface area contributed by atoms with Gasteiger partial charge in [-0.3, -0.25) is 0 Å². The molecule has 2 nitrogen and oxygen atoms in total. The summed E-state index contributed by atoms with van der Waals surface area (Å²) in [4.78, 5) is 0. The number of nitrogens with one attached hydrogen (secondary N) is 1. The molecule has 0 spiro atoms. The monoisotopic (exact) mass is 225 g/mol. The van der Waals surface area contributed by atoms with Crippen molar-refractivity contribution < 1.29 is 4.74 Å². The van der Waals surface area contributed by atoms with E-state index in [1.165, 1.54) is 6.42 Å². The second-order valence-corrected chi connectivity index (χ2v) is 4.02. The van der Waals surface area contributed by atoms with Crippen molar-refractivity contribution in [1.29, 1.82) is 0 Å². The standard InChI is InChI=1S/C14H27NO/c1-4-7-8-9-14(15-11-5-2)10-13-16-12-6-3/h14-15H,5-6,8-13H2,1-3H3. The van der Waals surface area contributed by atoms with Crippen LogP contribution in [0.2, 0.25) is 0 Å². The first kappa shape index (κ1) is 15.5. The molecule has 0 bridgehead atoms. The second-order valence-electron chi connectivity index (χ2n) is 4.02. The van der Waals surface area contributed by atoms with E-state index in [2.05, 4.69) is 31.0 Å². The van der Waals surface area contributed by atoms with Gasteiger partial charge in [-0.15, -0.1) is 11.8 Å². The highest BCUT2D eigenvalue weighted by molar-refractivity contribution is 4.95. The molecule has 0 aromatic heterocycles. The third-order valence-corrected chi connectivity index (χ3v) is 2.44. The van der Waals surface area contributed by atoms with Gasteiger partial charge < -0.3 is 10.1 Å². The van der Waals surface area contributed by atoms with E-state index < -0.39 is 0 Å². The van der Waals surface area contributed by atoms with E-state index >= 15 is 0 Å². The van der Waals surface area contributed by atoms with Crippen LogP contribution >= 0.6 is 0 Å². The largest absolute Gasteiger partial charge is 0.381 e. The van der Waals surface area contributed by atoms with Crippen molar-refractivity contribution in [3.8, 4) is 11.8 Å². The van der Waals surface area contributed by atoms with Crippen LogP contribution in [0.5, 0.6) is 0 Å². The SMILES string of the molecule is CC#CCCC(CCOCCC)NCCC. The highest BCUT2D eigenvalue weighted by Crippen LogP contribution is 2.02. The first-order chi connectivity index (χ1) is 7.85. The molecule has 0 aliphatic carbocycles. The summed E-state index contributed by atoms with van der Waals surface area (Å²) in [7, 11) is 0. The Balaban J connectivity index is 3.65. The number of rotatable bonds is 10. The van der Waals surface area contributed by atoms with E-state index in [-0.39, 0.29) is 0 Å². The average Bonchev–Trinajstić information content (AvgIpc) is 2.31. The summed E-state index contributed by atoms with van der Waals surface area (Å²) >= 11 is 0. The summed E-state index contributed by atoms with van der Waals surface area (Å²) < 4.78 is 5.52. The highest BCUT2D eigenvalue weighted by Gasteiger charge is 2.06. The lowest BCUT2D eigenvalue weighted by molar-refractivity contribution is 0.124. The van der Waals surface area contributed by atoms with Crippen LogP contribution in [0.25, 0.3) is 0 Å². The Morgan fingerprint density at radius 2 is 1.94 bits per heavy atom. The van der Waals surface area contributed by atoms with Crippen molar-refractivity contribution >= 4 is 0 Å². The molecule has 94 valence electrons. The molecule has 0 aromatic rings. The lowest BCUT2D eigenvalue weighted by atomic mass is 10.1. The fourth-order valence-electron chi connectivity index (χ4n) is 1.54. The zero-order valence-corrected chi connectivity index (χ0v) is 11.1. The Kier molecular flexibility index (Phi) is 12.1. The molecule has 1 N–H and O–H groups in total. The Morgan fingerprint density at radius 1 is 1.12 bits per heavy atom. The number of ether oxygens (including phenoxy) is 1. The maximum Gasteiger partial charge on any atom is 0.0480 e. The molecule has 0 aliphatic heterocycles. The first-order valence-corrected chi connectivity index (χ1v) is 6.55. The normalized spacial score (nSPS) is 11.9. The maximum absolute atomic E-state index is 5.52. The van der Waals surface area contributed by atoms with Gasteiger partial charge in [0, 0.05) is 25.7 Å². The Hall–Kier alpha value is -0.520. The molecule has 0 heterocycles. The van der Waals surface area contributed by atoms with Crippen molar-refractivity contribution in [2.75, 3.05) is 19.8 Å². The number of hydrogen-bond donors (Lipinski definition) is 1. The summed E-state index contributed by atoms with van der Waals surface area (Å²) in [6.45, 7) is 9.09. The molecule has 1 unspecified atom stereocenters. The molecule has 0 aliphatic rings. The van der Waals surface area contributed by atoms with Crippen LogP contribution in [-0.4, -0.2) is 25.8 Å². The van der Waals surface area contributed by atoms with Gasteiger partial charge in [-0.05, 0) is 39.2 Å². The minimum atomic E-state index is 0.567. The lowest BCUT2D eigenvalue weighted by Gasteiger charge is -2.17. The van der Waals surface area contributed by atoms with Crippen molar-refractivity contribution in [3.63, 3.8) is 0 Å². The van der Waals surface area contributed by atoms with Crippen LogP contribution < -0.4 is 5.32 Å². The van der Waals surface area contributed by atoms with E-state index in [0.29, 0.717) is 6.04 Å². The summed E-state index contributed by atoms with van der Waals surface area (Å²) in [5, 5.41) is 3.56. The van der Waals surface area contributed by atoms with Crippen LogP contribution in [0.4, 0.5) is 0 Å². The summed E-state index contributed by atoms with van der Waals surface area (Å²) in [6, 6.07) is 0.567. The molecular formula is C14H27NO. The molecule has 0 fully saturated rings. The molecule has 0 saturated heterocycles. The smallest absolute Gasteiger partial charge is 0.0480 e. The average molecular weight is 225 g/mol. The minimum Gasteiger partial charge on any atom is -0.381 e. The Labute approximate surface area is 101 Å². The fraction of sp³-hybridized carbons (Fsp3) is 0.857. The minimum absolute atomic E-state index is 0.567. The molecule has 16 heavy (non-hydrogen) atoms. The van der Waals surface area contributed by atoms with Crippen molar-refractivity contribution in [1.82, 2.24) is 5.32 Å². The predicted molar refractivity (Wildman–Crippen MR) is 70.5 cm³/mol. The maximum atomic E-state index is 5.52. The van der Waals surface area contributed by atoms with E-state index in [1.54, 1.807) is 0 Å². The van der Waals surface area contributed by atoms with Gasteiger partial charge in [0.05, 0.1) is 0 Å². The van der Waals surface area contributed by atoms with Gasteiger partial charge >= 0.3 is 0 Å². The predicted octanol–water partition coefficient (Wildman–Crippen LogP) is 2.97. The summed E-state index contributed by atoms with van der Waals surface area (Å²) in [6.07, 6.45) is 5.52. The van der Waals surface area contributed by atoms with E-state index in [0.717, 1.165) is 45.4 Å². The molecular weight excluding hydrogens is 198 g/mol. The van der Waals surface area contributed by atoms with Crippen LogP contribution in [0, 0.1) is 11.8 Å². The highest BCUT2D eigenvalue weighted by atomic mass is 16.5. The fourth-order valence-corrected chi connectivity index (χ4v) is 1.54. The van der Waals surface area contributed by atoms with E-state index in [9.17, 15) is 0 Å². The van der Waals surface area contributed by atoms with Crippen LogP contribution in [0.3, 0.4) is 0 Å². The zero-order chi connectivity index (χ0) is 12.1. The topological polar surface area (TPSA) is 21.3 Å². The van der Waals surface area contributed by atoms with Crippen molar-refractivity contribution in [2.24, 2.45) is 0 Å². The van der Waals surface area contributed by atoms with Crippen LogP contribution in [-0.2, 0) is 4.74 Å². The van der Waals surface area contributed by atoms with Crippen molar-refractivity contribution in [2.45, 2.75) is 58.9 Å². The van der Waals surface area contributed by atoms with Gasteiger partial charge in [0.2, 0.25) is 0 Å². The molecule has 0 rings (SSSR count). The Morgan fingerprint density at radius 3 is 2.56 bits per heavy atom. The van der Waals surface area contributed by atoms with Gasteiger partial charge in [0.1, 0.15) is 0 Å². The van der Waals surface area contributed by atoms with E-state index in [4.69, 9.17) is 4.74 Å². The first-order valence-electron chi connectivity index (χ1n) is 6.55. The molecule has 0 radical (unpaired) electrons. The van der Waals surface area contributed by atoms with Gasteiger partial charge in [0.15, 0.2) is 0 Å². The second kappa shape index (κ2) is 12.5. The molecule has 0 saturated carbocycles. The third-order valence-electron chi connectivity index (χ3n) is 2.44. The van der Waals surface area contributed by atoms with Gasteiger partial charge in [-0.25, -0.2) is 0 Å². The van der Waals surface area contributed by atoms with Crippen LogP contribution in [0.15, 0.2) is 0 Å². The summed E-state index contributed by atoms with van der Waals surface area (Å²) in [5.41, 5.74) is 0. The number of hydrogen-bond acceptors (Lipinski definition) is 2. The van der Waals surface area contributed by atoms with Crippen molar-refractivity contribution in [3.05, 3.63) is 0 Å². The molecule has 0 aromatic carbocycles. The Bertz CT molecular complexity index is 193. The molecule has 1 atom stereocenters. The lowest BCUT2D eigenvalue weighted by Crippen LogP contribution is -2.31. The third kappa shape index (κ3) is 10.0.